The molecular weight excluding hydrogens is 202 g/mol. The van der Waals surface area contributed by atoms with Gasteiger partial charge in [0.2, 0.25) is 0 Å². The molecule has 1 aromatic heterocycles. The molecule has 0 aliphatic carbocycles. The zero-order valence-corrected chi connectivity index (χ0v) is 10.4. The molecule has 1 aliphatic heterocycles. The average Bonchev–Trinajstić information content (AvgIpc) is 2.46. The average molecular weight is 223 g/mol. The van der Waals surface area contributed by atoms with Gasteiger partial charge in [-0.1, -0.05) is 0 Å². The summed E-state index contributed by atoms with van der Waals surface area (Å²) in [6.45, 7) is 5.80. The Kier molecular flexibility index (Phi) is 3.04. The van der Waals surface area contributed by atoms with Gasteiger partial charge in [-0.3, -0.25) is 4.68 Å². The normalized spacial score (nSPS) is 26.0. The van der Waals surface area contributed by atoms with Gasteiger partial charge in [0.15, 0.2) is 0 Å². The number of aromatic nitrogens is 2. The topological polar surface area (TPSA) is 50.1 Å². The molecule has 1 unspecified atom stereocenters. The molecular formula is C12H21N3O. The van der Waals surface area contributed by atoms with E-state index in [0.29, 0.717) is 13.0 Å². The van der Waals surface area contributed by atoms with E-state index in [1.54, 1.807) is 0 Å². The minimum Gasteiger partial charge on any atom is -0.388 e. The van der Waals surface area contributed by atoms with E-state index in [0.717, 1.165) is 30.8 Å². The molecule has 16 heavy (non-hydrogen) atoms. The highest BCUT2D eigenvalue weighted by molar-refractivity contribution is 5.26. The number of nitrogens with zero attached hydrogens (tertiary/aromatic N) is 2. The summed E-state index contributed by atoms with van der Waals surface area (Å²) in [6, 6.07) is 0. The minimum absolute atomic E-state index is 0.587. The van der Waals surface area contributed by atoms with Crippen LogP contribution in [0.4, 0.5) is 0 Å². The number of β-amino-alcohol motifs (C(OH)–C–C–N with tert-alkyl or cyclic N) is 1. The first kappa shape index (κ1) is 11.6. The van der Waals surface area contributed by atoms with Gasteiger partial charge in [-0.2, -0.15) is 5.10 Å². The van der Waals surface area contributed by atoms with Gasteiger partial charge in [-0.15, -0.1) is 0 Å². The molecule has 2 rings (SSSR count). The van der Waals surface area contributed by atoms with Crippen molar-refractivity contribution in [3.05, 3.63) is 17.0 Å². The first-order valence-electron chi connectivity index (χ1n) is 5.94. The van der Waals surface area contributed by atoms with Crippen LogP contribution in [0.3, 0.4) is 0 Å². The summed E-state index contributed by atoms with van der Waals surface area (Å²) in [7, 11) is 1.95. The number of aliphatic hydroxyl groups is 1. The van der Waals surface area contributed by atoms with Gasteiger partial charge in [-0.05, 0) is 38.8 Å². The first-order chi connectivity index (χ1) is 7.52. The molecule has 0 spiro atoms. The van der Waals surface area contributed by atoms with Crippen molar-refractivity contribution in [2.45, 2.75) is 38.7 Å². The predicted octanol–water partition coefficient (Wildman–Crippen LogP) is 0.694. The van der Waals surface area contributed by atoms with Crippen molar-refractivity contribution >= 4 is 0 Å². The van der Waals surface area contributed by atoms with Crippen LogP contribution >= 0.6 is 0 Å². The SMILES string of the molecule is Cc1nn(C)c(C)c1CC1(O)CCCNC1. The summed E-state index contributed by atoms with van der Waals surface area (Å²) >= 11 is 0. The van der Waals surface area contributed by atoms with Gasteiger partial charge in [0.25, 0.3) is 0 Å². The van der Waals surface area contributed by atoms with Crippen LogP contribution in [-0.4, -0.2) is 33.6 Å². The maximum atomic E-state index is 10.5. The zero-order chi connectivity index (χ0) is 11.8. The molecule has 4 nitrogen and oxygen atoms in total. The first-order valence-corrected chi connectivity index (χ1v) is 5.94. The third kappa shape index (κ3) is 2.13. The maximum absolute atomic E-state index is 10.5. The monoisotopic (exact) mass is 223 g/mol. The summed E-state index contributed by atoms with van der Waals surface area (Å²) in [4.78, 5) is 0. The summed E-state index contributed by atoms with van der Waals surface area (Å²) in [6.07, 6.45) is 2.65. The van der Waals surface area contributed by atoms with E-state index >= 15 is 0 Å². The van der Waals surface area contributed by atoms with Crippen LogP contribution in [0, 0.1) is 13.8 Å². The van der Waals surface area contributed by atoms with E-state index in [2.05, 4.69) is 17.3 Å². The van der Waals surface area contributed by atoms with Gasteiger partial charge in [0, 0.05) is 25.7 Å². The molecule has 0 radical (unpaired) electrons. The van der Waals surface area contributed by atoms with Gasteiger partial charge < -0.3 is 10.4 Å². The Hall–Kier alpha value is -0.870. The van der Waals surface area contributed by atoms with E-state index in [9.17, 15) is 5.11 Å². The van der Waals surface area contributed by atoms with E-state index in [1.165, 1.54) is 5.56 Å². The maximum Gasteiger partial charge on any atom is 0.0813 e. The van der Waals surface area contributed by atoms with E-state index in [1.807, 2.05) is 18.7 Å². The molecule has 2 N–H and O–H groups in total. The molecule has 0 aromatic carbocycles. The van der Waals surface area contributed by atoms with Crippen LogP contribution in [0.25, 0.3) is 0 Å². The van der Waals surface area contributed by atoms with Crippen molar-refractivity contribution in [2.75, 3.05) is 13.1 Å². The molecule has 1 aromatic rings. The second-order valence-corrected chi connectivity index (χ2v) is 4.95. The summed E-state index contributed by atoms with van der Waals surface area (Å²) in [5.74, 6) is 0. The van der Waals surface area contributed by atoms with Crippen LogP contribution in [-0.2, 0) is 13.5 Å². The second kappa shape index (κ2) is 4.18. The highest BCUT2D eigenvalue weighted by atomic mass is 16.3. The van der Waals surface area contributed by atoms with Crippen molar-refractivity contribution in [1.29, 1.82) is 0 Å². The lowest BCUT2D eigenvalue weighted by Crippen LogP contribution is -2.47. The highest BCUT2D eigenvalue weighted by Crippen LogP contribution is 2.24. The zero-order valence-electron chi connectivity index (χ0n) is 10.4. The number of nitrogens with one attached hydrogen (secondary N) is 1. The number of aryl methyl sites for hydroxylation is 2. The van der Waals surface area contributed by atoms with E-state index in [4.69, 9.17) is 0 Å². The quantitative estimate of drug-likeness (QED) is 0.776. The number of hydrogen-bond donors (Lipinski definition) is 2. The van der Waals surface area contributed by atoms with Crippen molar-refractivity contribution in [3.63, 3.8) is 0 Å². The standard InChI is InChI=1S/C12H21N3O/c1-9-11(10(2)15(3)14-9)7-12(16)5-4-6-13-8-12/h13,16H,4-8H2,1-3H3. The Balaban J connectivity index is 2.19. The Labute approximate surface area is 96.7 Å². The molecule has 0 saturated carbocycles. The lowest BCUT2D eigenvalue weighted by molar-refractivity contribution is 0.0167. The third-order valence-electron chi connectivity index (χ3n) is 3.61. The van der Waals surface area contributed by atoms with E-state index < -0.39 is 5.60 Å². The minimum atomic E-state index is -0.587. The van der Waals surface area contributed by atoms with Gasteiger partial charge in [0.05, 0.1) is 11.3 Å². The van der Waals surface area contributed by atoms with Crippen molar-refractivity contribution in [1.82, 2.24) is 15.1 Å². The molecule has 0 bridgehead atoms. The lowest BCUT2D eigenvalue weighted by Gasteiger charge is -2.32. The Morgan fingerprint density at radius 2 is 2.25 bits per heavy atom. The molecule has 2 heterocycles. The molecule has 4 heteroatoms. The summed E-state index contributed by atoms with van der Waals surface area (Å²) in [5, 5.41) is 18.1. The summed E-state index contributed by atoms with van der Waals surface area (Å²) < 4.78 is 1.89. The van der Waals surface area contributed by atoms with Crippen LogP contribution in [0.15, 0.2) is 0 Å². The molecule has 1 aliphatic rings. The number of piperidine rings is 1. The Morgan fingerprint density at radius 3 is 2.75 bits per heavy atom. The third-order valence-corrected chi connectivity index (χ3v) is 3.61. The highest BCUT2D eigenvalue weighted by Gasteiger charge is 2.31. The lowest BCUT2D eigenvalue weighted by atomic mass is 9.87. The van der Waals surface area contributed by atoms with Crippen LogP contribution < -0.4 is 5.32 Å². The smallest absolute Gasteiger partial charge is 0.0813 e. The van der Waals surface area contributed by atoms with Gasteiger partial charge >= 0.3 is 0 Å². The predicted molar refractivity (Wildman–Crippen MR) is 63.4 cm³/mol. The van der Waals surface area contributed by atoms with Crippen molar-refractivity contribution in [2.24, 2.45) is 7.05 Å². The molecule has 90 valence electrons. The van der Waals surface area contributed by atoms with Crippen LogP contribution in [0.2, 0.25) is 0 Å². The molecule has 0 amide bonds. The van der Waals surface area contributed by atoms with Crippen molar-refractivity contribution in [3.8, 4) is 0 Å². The molecule has 1 fully saturated rings. The fourth-order valence-corrected chi connectivity index (χ4v) is 2.51. The van der Waals surface area contributed by atoms with Crippen LogP contribution in [0.5, 0.6) is 0 Å². The fraction of sp³-hybridized carbons (Fsp3) is 0.750. The van der Waals surface area contributed by atoms with Gasteiger partial charge in [0.1, 0.15) is 0 Å². The molecule has 1 atom stereocenters. The fourth-order valence-electron chi connectivity index (χ4n) is 2.51. The van der Waals surface area contributed by atoms with Gasteiger partial charge in [-0.25, -0.2) is 0 Å². The van der Waals surface area contributed by atoms with E-state index in [-0.39, 0.29) is 0 Å². The number of rotatable bonds is 2. The molecule has 1 saturated heterocycles. The van der Waals surface area contributed by atoms with Crippen LogP contribution in [0.1, 0.15) is 29.8 Å². The Bertz CT molecular complexity index is 378. The Morgan fingerprint density at radius 1 is 1.50 bits per heavy atom. The largest absolute Gasteiger partial charge is 0.388 e. The second-order valence-electron chi connectivity index (χ2n) is 4.95. The van der Waals surface area contributed by atoms with Crippen molar-refractivity contribution < 1.29 is 5.11 Å². The summed E-state index contributed by atoms with van der Waals surface area (Å²) in [5.41, 5.74) is 2.82. The number of hydrogen-bond acceptors (Lipinski definition) is 3.